The van der Waals surface area contributed by atoms with Crippen LogP contribution in [0.25, 0.3) is 11.1 Å². The van der Waals surface area contributed by atoms with Crippen LogP contribution in [-0.2, 0) is 17.8 Å². The zero-order chi connectivity index (χ0) is 28.9. The molecule has 0 radical (unpaired) electrons. The number of aliphatic hydroxyl groups is 1. The molecule has 41 heavy (non-hydrogen) atoms. The smallest absolute Gasteiger partial charge is 0.252 e. The predicted molar refractivity (Wildman–Crippen MR) is 164 cm³/mol. The summed E-state index contributed by atoms with van der Waals surface area (Å²) in [4.78, 5) is 25.0. The molecule has 0 amide bonds. The van der Waals surface area contributed by atoms with E-state index in [1.807, 2.05) is 26.1 Å². The highest BCUT2D eigenvalue weighted by atomic mass is 16.5. The molecule has 5 rings (SSSR count). The van der Waals surface area contributed by atoms with Crippen molar-refractivity contribution in [3.63, 3.8) is 0 Å². The first-order chi connectivity index (χ1) is 19.8. The van der Waals surface area contributed by atoms with E-state index in [0.29, 0.717) is 11.6 Å². The average Bonchev–Trinajstić information content (AvgIpc) is 2.97. The van der Waals surface area contributed by atoms with Gasteiger partial charge in [-0.3, -0.25) is 20.0 Å². The van der Waals surface area contributed by atoms with Gasteiger partial charge in [0.2, 0.25) is 0 Å². The molecule has 220 valence electrons. The van der Waals surface area contributed by atoms with E-state index in [0.717, 1.165) is 77.7 Å². The third-order valence-electron chi connectivity index (χ3n) is 8.83. The lowest BCUT2D eigenvalue weighted by atomic mass is 9.92. The lowest BCUT2D eigenvalue weighted by Crippen LogP contribution is -2.35. The van der Waals surface area contributed by atoms with Crippen molar-refractivity contribution < 1.29 is 9.84 Å². The van der Waals surface area contributed by atoms with Crippen LogP contribution in [0.1, 0.15) is 72.0 Å². The first-order valence-electron chi connectivity index (χ1n) is 15.0. The summed E-state index contributed by atoms with van der Waals surface area (Å²) in [6, 6.07) is 11.0. The molecule has 1 saturated carbocycles. The van der Waals surface area contributed by atoms with Gasteiger partial charge in [-0.2, -0.15) is 0 Å². The normalized spacial score (nSPS) is 17.5. The highest BCUT2D eigenvalue weighted by Crippen LogP contribution is 2.36. The lowest BCUT2D eigenvalue weighted by Gasteiger charge is -2.35. The summed E-state index contributed by atoms with van der Waals surface area (Å²) in [6.45, 7) is 10.4. The maximum absolute atomic E-state index is 12.6. The summed E-state index contributed by atoms with van der Waals surface area (Å²) in [5, 5.41) is 14.7. The molecule has 1 atom stereocenters. The Morgan fingerprint density at radius 1 is 1.10 bits per heavy atom. The third-order valence-corrected chi connectivity index (χ3v) is 8.83. The Kier molecular flexibility index (Phi) is 9.55. The number of nitrogens with zero attached hydrogens (tertiary/aromatic N) is 3. The molecule has 8 nitrogen and oxygen atoms in total. The quantitative estimate of drug-likeness (QED) is 0.326. The molecular weight excluding hydrogens is 514 g/mol. The van der Waals surface area contributed by atoms with E-state index >= 15 is 0 Å². The molecule has 3 heterocycles. The molecule has 1 saturated heterocycles. The number of morpholine rings is 1. The van der Waals surface area contributed by atoms with E-state index in [1.165, 1.54) is 32.1 Å². The third kappa shape index (κ3) is 7.07. The van der Waals surface area contributed by atoms with E-state index in [2.05, 4.69) is 58.3 Å². The average molecular weight is 560 g/mol. The van der Waals surface area contributed by atoms with E-state index in [1.54, 1.807) is 0 Å². The minimum Gasteiger partial charge on any atom is -0.379 e. The van der Waals surface area contributed by atoms with Crippen LogP contribution in [0.2, 0.25) is 0 Å². The van der Waals surface area contributed by atoms with Crippen molar-refractivity contribution >= 4 is 5.69 Å². The molecule has 1 aromatic carbocycles. The Labute approximate surface area is 243 Å². The van der Waals surface area contributed by atoms with Gasteiger partial charge in [0.25, 0.3) is 5.56 Å². The van der Waals surface area contributed by atoms with Crippen LogP contribution >= 0.6 is 0 Å². The number of nitrogens with one attached hydrogen (secondary N) is 2. The largest absolute Gasteiger partial charge is 0.379 e. The number of aromatic amines is 1. The fourth-order valence-corrected chi connectivity index (χ4v) is 6.29. The molecule has 2 aliphatic rings. The van der Waals surface area contributed by atoms with Crippen molar-refractivity contribution in [1.82, 2.24) is 20.2 Å². The number of hydrogen-bond acceptors (Lipinski definition) is 7. The second-order valence-corrected chi connectivity index (χ2v) is 11.8. The van der Waals surface area contributed by atoms with Crippen molar-refractivity contribution in [2.45, 2.75) is 78.2 Å². The molecule has 2 fully saturated rings. The molecule has 2 aromatic heterocycles. The van der Waals surface area contributed by atoms with Crippen LogP contribution in [0.3, 0.4) is 0 Å². The number of anilines is 1. The van der Waals surface area contributed by atoms with Gasteiger partial charge < -0.3 is 19.7 Å². The van der Waals surface area contributed by atoms with Gasteiger partial charge in [0, 0.05) is 73.5 Å². The van der Waals surface area contributed by atoms with Crippen LogP contribution in [0.4, 0.5) is 5.69 Å². The van der Waals surface area contributed by atoms with Crippen LogP contribution in [0.15, 0.2) is 41.3 Å². The second kappa shape index (κ2) is 13.3. The van der Waals surface area contributed by atoms with Gasteiger partial charge in [0.15, 0.2) is 0 Å². The molecular formula is C33H45N5O3. The van der Waals surface area contributed by atoms with Crippen molar-refractivity contribution in [3.05, 3.63) is 80.5 Å². The molecule has 0 bridgehead atoms. The van der Waals surface area contributed by atoms with Gasteiger partial charge >= 0.3 is 0 Å². The van der Waals surface area contributed by atoms with Crippen molar-refractivity contribution in [1.29, 1.82) is 0 Å². The first kappa shape index (κ1) is 29.5. The Morgan fingerprint density at radius 3 is 2.54 bits per heavy atom. The maximum atomic E-state index is 12.6. The number of hydrogen-bond donors (Lipinski definition) is 3. The maximum Gasteiger partial charge on any atom is 0.252 e. The number of ether oxygens (including phenoxy) is 1. The molecule has 3 aromatic rings. The highest BCUT2D eigenvalue weighted by molar-refractivity contribution is 5.72. The van der Waals surface area contributed by atoms with Crippen LogP contribution in [0, 0.1) is 20.8 Å². The molecule has 1 aliphatic carbocycles. The van der Waals surface area contributed by atoms with Crippen LogP contribution in [0.5, 0.6) is 0 Å². The number of aromatic nitrogens is 2. The fraction of sp³-hybridized carbons (Fsp3) is 0.515. The number of H-pyrrole nitrogens is 1. The summed E-state index contributed by atoms with van der Waals surface area (Å²) < 4.78 is 5.48. The van der Waals surface area contributed by atoms with E-state index in [4.69, 9.17) is 9.72 Å². The Hall–Kier alpha value is -3.04. The van der Waals surface area contributed by atoms with Gasteiger partial charge in [-0.15, -0.1) is 0 Å². The van der Waals surface area contributed by atoms with Gasteiger partial charge in [-0.25, -0.2) is 0 Å². The molecule has 0 spiro atoms. The Morgan fingerprint density at radius 2 is 1.85 bits per heavy atom. The number of rotatable bonds is 9. The van der Waals surface area contributed by atoms with Crippen LogP contribution in [-0.4, -0.2) is 59.4 Å². The van der Waals surface area contributed by atoms with Crippen molar-refractivity contribution in [2.75, 3.05) is 38.3 Å². The fourth-order valence-electron chi connectivity index (χ4n) is 6.29. The highest BCUT2D eigenvalue weighted by Gasteiger charge is 2.23. The number of benzene rings is 1. The minimum absolute atomic E-state index is 0.117. The summed E-state index contributed by atoms with van der Waals surface area (Å²) in [6.07, 6.45) is 7.20. The van der Waals surface area contributed by atoms with Crippen molar-refractivity contribution in [3.8, 4) is 11.1 Å². The summed E-state index contributed by atoms with van der Waals surface area (Å²) >= 11 is 0. The zero-order valence-electron chi connectivity index (χ0n) is 25.0. The lowest BCUT2D eigenvalue weighted by molar-refractivity contribution is 0.0336. The summed E-state index contributed by atoms with van der Waals surface area (Å²) in [7, 11) is 2.19. The predicted octanol–water partition coefficient (Wildman–Crippen LogP) is 4.74. The standard InChI is InChI=1S/C33H45N5O3/c1-22-16-23(2)36-33(40)30(22)20-35-32(39)29-17-26(18-31(24(29)3)37(4)28-8-6-5-7-9-28)25-10-11-27(34-19-25)21-38-12-14-41-15-13-38/h10-11,16-19,28,32,35,39H,5-9,12-15,20-21H2,1-4H3,(H,36,40). The number of aryl methyl sites for hydroxylation is 2. The summed E-state index contributed by atoms with van der Waals surface area (Å²) in [5.41, 5.74) is 8.36. The Bertz CT molecular complexity index is 1370. The summed E-state index contributed by atoms with van der Waals surface area (Å²) in [5.74, 6) is 0. The minimum atomic E-state index is -0.929. The first-order valence-corrected chi connectivity index (χ1v) is 15.0. The molecule has 1 unspecified atom stereocenters. The molecule has 8 heteroatoms. The molecule has 1 aliphatic heterocycles. The number of pyridine rings is 2. The van der Waals surface area contributed by atoms with Gasteiger partial charge in [-0.1, -0.05) is 25.3 Å². The zero-order valence-corrected chi connectivity index (χ0v) is 25.0. The van der Waals surface area contributed by atoms with Gasteiger partial charge in [0.05, 0.1) is 18.9 Å². The molecule has 3 N–H and O–H groups in total. The van der Waals surface area contributed by atoms with E-state index in [-0.39, 0.29) is 12.1 Å². The van der Waals surface area contributed by atoms with Gasteiger partial charge in [-0.05, 0) is 74.6 Å². The van der Waals surface area contributed by atoms with Crippen LogP contribution < -0.4 is 15.8 Å². The topological polar surface area (TPSA) is 93.7 Å². The number of aliphatic hydroxyl groups excluding tert-OH is 1. The van der Waals surface area contributed by atoms with Gasteiger partial charge in [0.1, 0.15) is 6.23 Å². The van der Waals surface area contributed by atoms with E-state index < -0.39 is 6.23 Å². The van der Waals surface area contributed by atoms with Crippen molar-refractivity contribution in [2.24, 2.45) is 0 Å². The second-order valence-electron chi connectivity index (χ2n) is 11.8. The SMILES string of the molecule is Cc1cc(C)c(CNC(O)c2cc(-c3ccc(CN4CCOCC4)nc3)cc(N(C)C3CCCCC3)c2C)c(=O)[nH]1. The van der Waals surface area contributed by atoms with E-state index in [9.17, 15) is 9.90 Å². The Balaban J connectivity index is 1.43. The monoisotopic (exact) mass is 559 g/mol.